The summed E-state index contributed by atoms with van der Waals surface area (Å²) in [5.41, 5.74) is 1.52. The quantitative estimate of drug-likeness (QED) is 0.578. The van der Waals surface area contributed by atoms with E-state index in [0.29, 0.717) is 21.5 Å². The molecular formula is C19H31N2O4+. The molecule has 1 rings (SSSR count). The fourth-order valence-corrected chi connectivity index (χ4v) is 3.28. The van der Waals surface area contributed by atoms with Crippen LogP contribution in [-0.2, 0) is 9.53 Å². The summed E-state index contributed by atoms with van der Waals surface area (Å²) in [4.78, 5) is 25.0. The minimum absolute atomic E-state index is 0.107. The smallest absolute Gasteiger partial charge is 0.340 e. The van der Waals surface area contributed by atoms with Gasteiger partial charge in [0.1, 0.15) is 5.75 Å². The molecule has 0 aliphatic heterocycles. The van der Waals surface area contributed by atoms with Crippen LogP contribution in [0.5, 0.6) is 5.75 Å². The van der Waals surface area contributed by atoms with Crippen molar-refractivity contribution in [3.63, 3.8) is 0 Å². The van der Waals surface area contributed by atoms with E-state index in [2.05, 4.69) is 26.1 Å². The van der Waals surface area contributed by atoms with Crippen molar-refractivity contribution in [1.29, 1.82) is 0 Å². The van der Waals surface area contributed by atoms with Crippen LogP contribution in [0.4, 0.5) is 5.69 Å². The normalized spacial score (nSPS) is 12.4. The average molecular weight is 351 g/mol. The van der Waals surface area contributed by atoms with Gasteiger partial charge >= 0.3 is 5.97 Å². The van der Waals surface area contributed by atoms with Crippen molar-refractivity contribution in [3.05, 3.63) is 23.3 Å². The molecule has 0 aromatic heterocycles. The number of carbonyl (C=O) groups is 2. The minimum Gasteiger partial charge on any atom is -0.497 e. The summed E-state index contributed by atoms with van der Waals surface area (Å²) in [5.74, 6) is -0.0686. The molecule has 6 nitrogen and oxygen atoms in total. The number of amides is 1. The lowest BCUT2D eigenvalue weighted by atomic mass is 10.1. The molecule has 1 atom stereocenters. The largest absolute Gasteiger partial charge is 0.497 e. The van der Waals surface area contributed by atoms with E-state index in [0.717, 1.165) is 25.2 Å². The molecule has 0 fully saturated rings. The number of carbonyl (C=O) groups excluding carboxylic acids is 2. The molecule has 1 unspecified atom stereocenters. The van der Waals surface area contributed by atoms with Gasteiger partial charge in [0.25, 0.3) is 5.91 Å². The van der Waals surface area contributed by atoms with Crippen molar-refractivity contribution in [2.75, 3.05) is 39.2 Å². The Morgan fingerprint density at radius 2 is 1.68 bits per heavy atom. The second kappa shape index (κ2) is 8.85. The maximum atomic E-state index is 12.9. The van der Waals surface area contributed by atoms with E-state index in [4.69, 9.17) is 9.47 Å². The van der Waals surface area contributed by atoms with E-state index < -0.39 is 5.97 Å². The molecule has 1 aromatic carbocycles. The number of rotatable bonds is 8. The Morgan fingerprint density at radius 1 is 1.12 bits per heavy atom. The maximum Gasteiger partial charge on any atom is 0.340 e. The van der Waals surface area contributed by atoms with Crippen LogP contribution in [0.15, 0.2) is 12.1 Å². The van der Waals surface area contributed by atoms with Crippen molar-refractivity contribution in [2.24, 2.45) is 0 Å². The maximum absolute atomic E-state index is 12.9. The number of likely N-dealkylation sites (N-methyl/N-ethyl adjacent to an activating group) is 1. The van der Waals surface area contributed by atoms with E-state index in [1.54, 1.807) is 12.1 Å². The van der Waals surface area contributed by atoms with Gasteiger partial charge in [-0.2, -0.15) is 0 Å². The zero-order valence-corrected chi connectivity index (χ0v) is 16.4. The van der Waals surface area contributed by atoms with Crippen molar-refractivity contribution >= 4 is 17.6 Å². The first-order valence-corrected chi connectivity index (χ1v) is 8.73. The molecule has 1 amide bonds. The van der Waals surface area contributed by atoms with Crippen molar-refractivity contribution in [1.82, 2.24) is 0 Å². The van der Waals surface area contributed by atoms with Crippen molar-refractivity contribution in [3.8, 4) is 5.75 Å². The Balaban J connectivity index is 3.25. The first-order valence-electron chi connectivity index (χ1n) is 8.73. The highest BCUT2D eigenvalue weighted by atomic mass is 16.5. The second-order valence-corrected chi connectivity index (χ2v) is 6.19. The fraction of sp³-hybridized carbons (Fsp3) is 0.579. The number of ether oxygens (including phenoxy) is 2. The molecule has 0 spiro atoms. The fourth-order valence-electron chi connectivity index (χ4n) is 3.28. The van der Waals surface area contributed by atoms with Gasteiger partial charge in [-0.25, -0.2) is 4.79 Å². The third-order valence-corrected chi connectivity index (χ3v) is 5.29. The summed E-state index contributed by atoms with van der Waals surface area (Å²) in [6, 6.07) is 3.14. The number of hydrogen-bond acceptors (Lipinski definition) is 4. The molecular weight excluding hydrogens is 320 g/mol. The molecule has 140 valence electrons. The third kappa shape index (κ3) is 4.31. The Kier molecular flexibility index (Phi) is 7.42. The first kappa shape index (κ1) is 21.0. The minimum atomic E-state index is -0.507. The summed E-state index contributed by atoms with van der Waals surface area (Å²) in [5, 5.41) is 2.94. The van der Waals surface area contributed by atoms with E-state index in [1.807, 2.05) is 13.8 Å². The molecule has 0 bridgehead atoms. The van der Waals surface area contributed by atoms with Gasteiger partial charge in [-0.1, -0.05) is 0 Å². The van der Waals surface area contributed by atoms with Crippen LogP contribution < -0.4 is 10.1 Å². The topological polar surface area (TPSA) is 64.6 Å². The Bertz CT molecular complexity index is 616. The van der Waals surface area contributed by atoms with Crippen LogP contribution >= 0.6 is 0 Å². The molecule has 6 heteroatoms. The molecule has 25 heavy (non-hydrogen) atoms. The van der Waals surface area contributed by atoms with Gasteiger partial charge in [0.05, 0.1) is 45.1 Å². The Hall–Kier alpha value is -2.08. The van der Waals surface area contributed by atoms with E-state index in [1.165, 1.54) is 14.2 Å². The number of benzene rings is 1. The lowest BCUT2D eigenvalue weighted by Gasteiger charge is -2.40. The predicted molar refractivity (Wildman–Crippen MR) is 99.0 cm³/mol. The van der Waals surface area contributed by atoms with E-state index in [-0.39, 0.29) is 11.9 Å². The van der Waals surface area contributed by atoms with Gasteiger partial charge in [-0.15, -0.1) is 0 Å². The van der Waals surface area contributed by atoms with Crippen LogP contribution in [0.2, 0.25) is 0 Å². The van der Waals surface area contributed by atoms with Crippen LogP contribution in [0, 0.1) is 6.92 Å². The number of methoxy groups -OCH3 is 2. The van der Waals surface area contributed by atoms with Crippen molar-refractivity contribution < 1.29 is 23.5 Å². The number of nitrogens with zero attached hydrogens (tertiary/aromatic N) is 1. The molecule has 1 aromatic rings. The average Bonchev–Trinajstić information content (AvgIpc) is 2.63. The van der Waals surface area contributed by atoms with Crippen LogP contribution in [0.3, 0.4) is 0 Å². The number of anilines is 1. The second-order valence-electron chi connectivity index (χ2n) is 6.19. The zero-order chi connectivity index (χ0) is 19.2. The molecule has 0 aliphatic carbocycles. The van der Waals surface area contributed by atoms with Gasteiger partial charge in [0.15, 0.2) is 6.04 Å². The van der Waals surface area contributed by atoms with Gasteiger partial charge < -0.3 is 19.3 Å². The number of esters is 1. The molecule has 0 heterocycles. The highest BCUT2D eigenvalue weighted by molar-refractivity contribution is 6.03. The van der Waals surface area contributed by atoms with E-state index >= 15 is 0 Å². The van der Waals surface area contributed by atoms with Crippen LogP contribution in [0.25, 0.3) is 0 Å². The molecule has 0 aliphatic rings. The summed E-state index contributed by atoms with van der Waals surface area (Å²) in [7, 11) is 2.85. The predicted octanol–water partition coefficient (Wildman–Crippen LogP) is 2.99. The molecule has 0 saturated heterocycles. The Morgan fingerprint density at radius 3 is 2.12 bits per heavy atom. The third-order valence-electron chi connectivity index (χ3n) is 5.29. The number of aryl methyl sites for hydroxylation is 1. The summed E-state index contributed by atoms with van der Waals surface area (Å²) in [6.07, 6.45) is 0. The van der Waals surface area contributed by atoms with Crippen LogP contribution in [0.1, 0.15) is 43.6 Å². The highest BCUT2D eigenvalue weighted by Crippen LogP contribution is 2.28. The zero-order valence-electron chi connectivity index (χ0n) is 16.4. The standard InChI is InChI=1S/C19H30N2O4/c1-8-21(9-2,10-3)14(5)18(22)20-17-13(4)11-15(24-6)12-16(17)19(23)25-7/h11-12,14H,8-10H2,1-7H3/p+1. The molecule has 0 radical (unpaired) electrons. The van der Waals surface area contributed by atoms with E-state index in [9.17, 15) is 9.59 Å². The number of quaternary nitrogens is 1. The molecule has 1 N–H and O–H groups in total. The lowest BCUT2D eigenvalue weighted by molar-refractivity contribution is -0.936. The summed E-state index contributed by atoms with van der Waals surface area (Å²) < 4.78 is 10.8. The van der Waals surface area contributed by atoms with Gasteiger partial charge in [-0.3, -0.25) is 4.79 Å². The van der Waals surface area contributed by atoms with Crippen LogP contribution in [-0.4, -0.2) is 56.3 Å². The Labute approximate surface area is 150 Å². The van der Waals surface area contributed by atoms with Crippen molar-refractivity contribution in [2.45, 2.75) is 40.7 Å². The molecule has 0 saturated carbocycles. The van der Waals surface area contributed by atoms with Gasteiger partial charge in [0.2, 0.25) is 0 Å². The first-order chi connectivity index (χ1) is 11.8. The summed E-state index contributed by atoms with van der Waals surface area (Å²) >= 11 is 0. The van der Waals surface area contributed by atoms with Gasteiger partial charge in [0, 0.05) is 0 Å². The highest BCUT2D eigenvalue weighted by Gasteiger charge is 2.35. The SMILES string of the molecule is CC[N+](CC)(CC)C(C)C(=O)Nc1c(C)cc(OC)cc1C(=O)OC. The number of nitrogens with one attached hydrogen (secondary N) is 1. The number of hydrogen-bond donors (Lipinski definition) is 1. The summed E-state index contributed by atoms with van der Waals surface area (Å²) in [6.45, 7) is 12.6. The lowest BCUT2D eigenvalue weighted by Crippen LogP contribution is -2.58. The van der Waals surface area contributed by atoms with Gasteiger partial charge in [-0.05, 0) is 52.3 Å². The monoisotopic (exact) mass is 351 g/mol.